The van der Waals surface area contributed by atoms with Crippen molar-refractivity contribution in [3.8, 4) is 0 Å². The molecule has 2 aromatic carbocycles. The molecular weight excluding hydrogens is 395 g/mol. The van der Waals surface area contributed by atoms with Gasteiger partial charge in [-0.2, -0.15) is 0 Å². The van der Waals surface area contributed by atoms with Crippen molar-refractivity contribution in [2.45, 2.75) is 26.3 Å². The number of carbonyl (C=O) groups excluding carboxylic acids is 1. The average Bonchev–Trinajstić information content (AvgIpc) is 2.72. The highest BCUT2D eigenvalue weighted by molar-refractivity contribution is 6.16. The van der Waals surface area contributed by atoms with Crippen LogP contribution in [0.15, 0.2) is 54.9 Å². The van der Waals surface area contributed by atoms with Gasteiger partial charge >= 0.3 is 0 Å². The fourth-order valence-electron chi connectivity index (χ4n) is 2.97. The third-order valence-electron chi connectivity index (χ3n) is 4.72. The number of rotatable bonds is 7. The minimum Gasteiger partial charge on any atom is -0.383 e. The average molecular weight is 420 g/mol. The van der Waals surface area contributed by atoms with E-state index < -0.39 is 11.4 Å². The third kappa shape index (κ3) is 5.42. The van der Waals surface area contributed by atoms with Gasteiger partial charge in [0.1, 0.15) is 23.8 Å². The predicted octanol–water partition coefficient (Wildman–Crippen LogP) is 3.54. The summed E-state index contributed by atoms with van der Waals surface area (Å²) in [4.78, 5) is 20.7. The maximum absolute atomic E-state index is 13.1. The lowest BCUT2D eigenvalue weighted by atomic mass is 10.00. The molecule has 1 amide bonds. The molecule has 0 saturated heterocycles. The Hall–Kier alpha value is -3.81. The Labute approximate surface area is 180 Å². The maximum Gasteiger partial charge on any atom is 0.251 e. The summed E-state index contributed by atoms with van der Waals surface area (Å²) in [6, 6.07) is 12.9. The van der Waals surface area contributed by atoms with Crippen LogP contribution in [0.4, 0.5) is 16.0 Å². The lowest BCUT2D eigenvalue weighted by Crippen LogP contribution is -2.44. The SMILES string of the molecule is Cc1ccc(C(=N)c2c(N)ncnc2NC(C)(C)CNC(=O)c2ccc(F)cc2)cc1. The monoisotopic (exact) mass is 420 g/mol. The van der Waals surface area contributed by atoms with Crippen molar-refractivity contribution in [2.24, 2.45) is 0 Å². The molecule has 160 valence electrons. The largest absolute Gasteiger partial charge is 0.383 e. The zero-order valence-electron chi connectivity index (χ0n) is 17.7. The molecule has 0 spiro atoms. The van der Waals surface area contributed by atoms with Crippen molar-refractivity contribution in [3.05, 3.63) is 82.9 Å². The molecule has 0 unspecified atom stereocenters. The minimum absolute atomic E-state index is 0.189. The molecule has 3 rings (SSSR count). The number of aromatic nitrogens is 2. The van der Waals surface area contributed by atoms with E-state index in [0.29, 0.717) is 22.5 Å². The van der Waals surface area contributed by atoms with Crippen LogP contribution in [0, 0.1) is 18.2 Å². The summed E-state index contributed by atoms with van der Waals surface area (Å²) in [7, 11) is 0. The van der Waals surface area contributed by atoms with Crippen LogP contribution in [0.25, 0.3) is 0 Å². The van der Waals surface area contributed by atoms with Crippen LogP contribution < -0.4 is 16.4 Å². The van der Waals surface area contributed by atoms with Gasteiger partial charge in [-0.15, -0.1) is 0 Å². The second-order valence-electron chi connectivity index (χ2n) is 7.92. The van der Waals surface area contributed by atoms with Crippen LogP contribution in [0.1, 0.15) is 40.9 Å². The van der Waals surface area contributed by atoms with Crippen molar-refractivity contribution in [3.63, 3.8) is 0 Å². The third-order valence-corrected chi connectivity index (χ3v) is 4.72. The first-order chi connectivity index (χ1) is 14.7. The smallest absolute Gasteiger partial charge is 0.251 e. The highest BCUT2D eigenvalue weighted by Crippen LogP contribution is 2.24. The van der Waals surface area contributed by atoms with Gasteiger partial charge in [-0.1, -0.05) is 29.8 Å². The molecule has 0 aliphatic carbocycles. The van der Waals surface area contributed by atoms with E-state index in [1.807, 2.05) is 45.0 Å². The zero-order valence-corrected chi connectivity index (χ0v) is 17.7. The van der Waals surface area contributed by atoms with Crippen LogP contribution in [-0.4, -0.2) is 33.7 Å². The lowest BCUT2D eigenvalue weighted by Gasteiger charge is -2.28. The Morgan fingerprint density at radius 3 is 2.32 bits per heavy atom. The molecule has 0 saturated carbocycles. The molecule has 3 aromatic rings. The molecule has 0 atom stereocenters. The first-order valence-electron chi connectivity index (χ1n) is 9.75. The van der Waals surface area contributed by atoms with Crippen LogP contribution in [0.3, 0.4) is 0 Å². The molecular formula is C23H25FN6O. The van der Waals surface area contributed by atoms with Crippen LogP contribution in [0.2, 0.25) is 0 Å². The number of nitrogen functional groups attached to an aromatic ring is 1. The first-order valence-corrected chi connectivity index (χ1v) is 9.75. The molecule has 1 heterocycles. The van der Waals surface area contributed by atoms with Crippen LogP contribution in [-0.2, 0) is 0 Å². The zero-order chi connectivity index (χ0) is 22.6. The van der Waals surface area contributed by atoms with E-state index in [0.717, 1.165) is 5.56 Å². The fraction of sp³-hybridized carbons (Fsp3) is 0.217. The van der Waals surface area contributed by atoms with E-state index >= 15 is 0 Å². The van der Waals surface area contributed by atoms with Gasteiger partial charge in [0.05, 0.1) is 16.8 Å². The standard InChI is InChI=1S/C23H25FN6O/c1-14-4-6-15(7-5-14)19(25)18-20(26)28-13-29-21(18)30-23(2,3)12-27-22(31)16-8-10-17(24)11-9-16/h4-11,13,25H,12H2,1-3H3,(H,27,31)(H3,26,28,29,30). The number of benzene rings is 2. The second-order valence-corrected chi connectivity index (χ2v) is 7.92. The molecule has 7 nitrogen and oxygen atoms in total. The molecule has 1 aromatic heterocycles. The van der Waals surface area contributed by atoms with Gasteiger partial charge in [0.2, 0.25) is 0 Å². The number of nitrogens with two attached hydrogens (primary N) is 1. The number of hydrogen-bond donors (Lipinski definition) is 4. The Bertz CT molecular complexity index is 1090. The Kier molecular flexibility index (Phi) is 6.29. The summed E-state index contributed by atoms with van der Waals surface area (Å²) in [5.74, 6) is -0.124. The van der Waals surface area contributed by atoms with Gasteiger partial charge in [-0.05, 0) is 45.0 Å². The quantitative estimate of drug-likeness (QED) is 0.436. The summed E-state index contributed by atoms with van der Waals surface area (Å²) in [6.45, 7) is 6.00. The second kappa shape index (κ2) is 8.91. The minimum atomic E-state index is -0.626. The normalized spacial score (nSPS) is 11.1. The van der Waals surface area contributed by atoms with Crippen molar-refractivity contribution in [1.82, 2.24) is 15.3 Å². The highest BCUT2D eigenvalue weighted by atomic mass is 19.1. The van der Waals surface area contributed by atoms with E-state index in [9.17, 15) is 9.18 Å². The molecule has 5 N–H and O–H groups in total. The van der Waals surface area contributed by atoms with Crippen molar-refractivity contribution < 1.29 is 9.18 Å². The first kappa shape index (κ1) is 21.9. The molecule has 0 fully saturated rings. The summed E-state index contributed by atoms with van der Waals surface area (Å²) in [6.07, 6.45) is 1.33. The van der Waals surface area contributed by atoms with Crippen LogP contribution >= 0.6 is 0 Å². The number of carbonyl (C=O) groups is 1. The fourth-order valence-corrected chi connectivity index (χ4v) is 2.97. The van der Waals surface area contributed by atoms with E-state index in [2.05, 4.69) is 20.6 Å². The van der Waals surface area contributed by atoms with E-state index in [-0.39, 0.29) is 24.0 Å². The van der Waals surface area contributed by atoms with E-state index in [1.165, 1.54) is 30.6 Å². The van der Waals surface area contributed by atoms with Crippen LogP contribution in [0.5, 0.6) is 0 Å². The number of nitrogens with zero attached hydrogens (tertiary/aromatic N) is 2. The van der Waals surface area contributed by atoms with Gasteiger partial charge < -0.3 is 16.4 Å². The lowest BCUT2D eigenvalue weighted by molar-refractivity contribution is 0.0947. The maximum atomic E-state index is 13.1. The number of anilines is 2. The number of aryl methyl sites for hydroxylation is 1. The molecule has 0 aliphatic heterocycles. The van der Waals surface area contributed by atoms with Gasteiger partial charge in [0.15, 0.2) is 0 Å². The molecule has 8 heteroatoms. The molecule has 0 radical (unpaired) electrons. The van der Waals surface area contributed by atoms with E-state index in [1.54, 1.807) is 0 Å². The molecule has 31 heavy (non-hydrogen) atoms. The number of nitrogens with one attached hydrogen (secondary N) is 3. The van der Waals surface area contributed by atoms with Gasteiger partial charge in [-0.25, -0.2) is 14.4 Å². The van der Waals surface area contributed by atoms with Gasteiger partial charge in [0.25, 0.3) is 5.91 Å². The predicted molar refractivity (Wildman–Crippen MR) is 120 cm³/mol. The van der Waals surface area contributed by atoms with Crippen molar-refractivity contribution in [1.29, 1.82) is 5.41 Å². The Morgan fingerprint density at radius 2 is 1.68 bits per heavy atom. The molecule has 0 aliphatic rings. The number of halogens is 1. The van der Waals surface area contributed by atoms with Gasteiger partial charge in [-0.3, -0.25) is 10.2 Å². The molecule has 0 bridgehead atoms. The summed E-state index contributed by atoms with van der Waals surface area (Å²) < 4.78 is 13.1. The summed E-state index contributed by atoms with van der Waals surface area (Å²) in [5.41, 5.74) is 8.20. The van der Waals surface area contributed by atoms with Crippen molar-refractivity contribution >= 4 is 23.3 Å². The summed E-state index contributed by atoms with van der Waals surface area (Å²) >= 11 is 0. The van der Waals surface area contributed by atoms with Crippen molar-refractivity contribution in [2.75, 3.05) is 17.6 Å². The number of amides is 1. The highest BCUT2D eigenvalue weighted by Gasteiger charge is 2.24. The number of hydrogen-bond acceptors (Lipinski definition) is 6. The summed E-state index contributed by atoms with van der Waals surface area (Å²) in [5, 5.41) is 14.7. The van der Waals surface area contributed by atoms with E-state index in [4.69, 9.17) is 11.1 Å². The topological polar surface area (TPSA) is 117 Å². The Balaban J connectivity index is 1.77. The Morgan fingerprint density at radius 1 is 1.06 bits per heavy atom. The van der Waals surface area contributed by atoms with Gasteiger partial charge in [0, 0.05) is 17.7 Å².